The highest BCUT2D eigenvalue weighted by molar-refractivity contribution is 5.94. The van der Waals surface area contributed by atoms with Crippen LogP contribution in [0.15, 0.2) is 12.4 Å². The van der Waals surface area contributed by atoms with Gasteiger partial charge >= 0.3 is 0 Å². The number of carbonyl (C=O) groups excluding carboxylic acids is 1. The number of rotatable bonds is 6. The van der Waals surface area contributed by atoms with E-state index in [2.05, 4.69) is 15.5 Å². The summed E-state index contributed by atoms with van der Waals surface area (Å²) in [6.45, 7) is 5.63. The van der Waals surface area contributed by atoms with Gasteiger partial charge in [0.2, 0.25) is 0 Å². The van der Waals surface area contributed by atoms with E-state index in [0.717, 1.165) is 29.9 Å². The SMILES string of the molecule is Cc1nn(C)cc1CNC(=O)c1cnn(CCCN)c1C. The lowest BCUT2D eigenvalue weighted by Gasteiger charge is -2.06. The summed E-state index contributed by atoms with van der Waals surface area (Å²) in [5.74, 6) is -0.116. The maximum Gasteiger partial charge on any atom is 0.255 e. The summed E-state index contributed by atoms with van der Waals surface area (Å²) >= 11 is 0. The number of nitrogens with zero attached hydrogens (tertiary/aromatic N) is 4. The molecular weight excluding hydrogens is 268 g/mol. The molecule has 2 heterocycles. The van der Waals surface area contributed by atoms with Crippen molar-refractivity contribution < 1.29 is 4.79 Å². The van der Waals surface area contributed by atoms with Crippen molar-refractivity contribution in [3.8, 4) is 0 Å². The predicted molar refractivity (Wildman–Crippen MR) is 79.8 cm³/mol. The number of amides is 1. The van der Waals surface area contributed by atoms with Gasteiger partial charge in [0.05, 0.1) is 17.5 Å². The number of aryl methyl sites for hydroxylation is 3. The first kappa shape index (κ1) is 15.2. The average molecular weight is 290 g/mol. The number of hydrogen-bond acceptors (Lipinski definition) is 4. The van der Waals surface area contributed by atoms with Gasteiger partial charge in [0.1, 0.15) is 0 Å². The van der Waals surface area contributed by atoms with Gasteiger partial charge in [0.15, 0.2) is 0 Å². The molecule has 2 aromatic rings. The van der Waals surface area contributed by atoms with Crippen molar-refractivity contribution in [3.05, 3.63) is 34.9 Å². The van der Waals surface area contributed by atoms with Crippen LogP contribution < -0.4 is 11.1 Å². The van der Waals surface area contributed by atoms with Gasteiger partial charge in [-0.1, -0.05) is 0 Å². The van der Waals surface area contributed by atoms with Crippen LogP contribution >= 0.6 is 0 Å². The van der Waals surface area contributed by atoms with E-state index in [9.17, 15) is 4.79 Å². The Bertz CT molecular complexity index is 627. The zero-order chi connectivity index (χ0) is 15.4. The Labute approximate surface area is 124 Å². The van der Waals surface area contributed by atoms with E-state index >= 15 is 0 Å². The normalized spacial score (nSPS) is 10.9. The summed E-state index contributed by atoms with van der Waals surface area (Å²) < 4.78 is 3.56. The highest BCUT2D eigenvalue weighted by atomic mass is 16.1. The molecule has 2 rings (SSSR count). The Morgan fingerprint density at radius 1 is 1.43 bits per heavy atom. The van der Waals surface area contributed by atoms with Gasteiger partial charge in [-0.3, -0.25) is 14.2 Å². The second-order valence-corrected chi connectivity index (χ2v) is 5.11. The first-order valence-corrected chi connectivity index (χ1v) is 7.02. The van der Waals surface area contributed by atoms with Crippen LogP contribution in [0.5, 0.6) is 0 Å². The second kappa shape index (κ2) is 6.53. The van der Waals surface area contributed by atoms with Gasteiger partial charge in [-0.05, 0) is 26.8 Å². The largest absolute Gasteiger partial charge is 0.348 e. The summed E-state index contributed by atoms with van der Waals surface area (Å²) in [5.41, 5.74) is 8.90. The quantitative estimate of drug-likeness (QED) is 0.811. The van der Waals surface area contributed by atoms with E-state index in [1.807, 2.05) is 31.8 Å². The third kappa shape index (κ3) is 3.49. The molecule has 0 aromatic carbocycles. The molecule has 0 fully saturated rings. The standard InChI is InChI=1S/C14H22N6O/c1-10-12(9-19(3)18-10)7-16-14(21)13-8-17-20(11(13)2)6-4-5-15/h8-9H,4-7,15H2,1-3H3,(H,16,21). The molecule has 114 valence electrons. The Balaban J connectivity index is 2.00. The monoisotopic (exact) mass is 290 g/mol. The Morgan fingerprint density at radius 2 is 2.19 bits per heavy atom. The Hall–Kier alpha value is -2.15. The Morgan fingerprint density at radius 3 is 2.81 bits per heavy atom. The molecule has 0 aliphatic rings. The molecule has 7 nitrogen and oxygen atoms in total. The van der Waals surface area contributed by atoms with E-state index in [1.54, 1.807) is 10.9 Å². The van der Waals surface area contributed by atoms with Crippen molar-refractivity contribution in [2.75, 3.05) is 6.54 Å². The highest BCUT2D eigenvalue weighted by Crippen LogP contribution is 2.09. The van der Waals surface area contributed by atoms with E-state index in [0.29, 0.717) is 18.7 Å². The van der Waals surface area contributed by atoms with Crippen molar-refractivity contribution in [3.63, 3.8) is 0 Å². The van der Waals surface area contributed by atoms with Crippen LogP contribution in [-0.4, -0.2) is 32.0 Å². The maximum atomic E-state index is 12.2. The van der Waals surface area contributed by atoms with Gasteiger partial charge < -0.3 is 11.1 Å². The van der Waals surface area contributed by atoms with Gasteiger partial charge in [0, 0.05) is 37.6 Å². The lowest BCUT2D eigenvalue weighted by atomic mass is 10.2. The zero-order valence-corrected chi connectivity index (χ0v) is 12.8. The zero-order valence-electron chi connectivity index (χ0n) is 12.8. The van der Waals surface area contributed by atoms with E-state index in [4.69, 9.17) is 5.73 Å². The number of carbonyl (C=O) groups is 1. The minimum absolute atomic E-state index is 0.116. The smallest absolute Gasteiger partial charge is 0.255 e. The molecule has 0 aliphatic heterocycles. The molecule has 0 saturated carbocycles. The van der Waals surface area contributed by atoms with Crippen LogP contribution in [0.2, 0.25) is 0 Å². The average Bonchev–Trinajstić information content (AvgIpc) is 2.96. The lowest BCUT2D eigenvalue weighted by Crippen LogP contribution is -2.23. The predicted octanol–water partition coefficient (Wildman–Crippen LogP) is 0.512. The van der Waals surface area contributed by atoms with Crippen LogP contribution in [0.25, 0.3) is 0 Å². The third-order valence-corrected chi connectivity index (χ3v) is 3.48. The fourth-order valence-corrected chi connectivity index (χ4v) is 2.23. The molecule has 7 heteroatoms. The minimum Gasteiger partial charge on any atom is -0.348 e. The molecule has 3 N–H and O–H groups in total. The topological polar surface area (TPSA) is 90.8 Å². The van der Waals surface area contributed by atoms with E-state index < -0.39 is 0 Å². The van der Waals surface area contributed by atoms with Crippen LogP contribution in [0.3, 0.4) is 0 Å². The molecule has 0 radical (unpaired) electrons. The summed E-state index contributed by atoms with van der Waals surface area (Å²) in [7, 11) is 1.87. The maximum absolute atomic E-state index is 12.2. The van der Waals surface area contributed by atoms with Crippen molar-refractivity contribution in [2.24, 2.45) is 12.8 Å². The fourth-order valence-electron chi connectivity index (χ4n) is 2.23. The highest BCUT2D eigenvalue weighted by Gasteiger charge is 2.14. The molecule has 21 heavy (non-hydrogen) atoms. The number of nitrogens with one attached hydrogen (secondary N) is 1. The van der Waals surface area contributed by atoms with Gasteiger partial charge in [0.25, 0.3) is 5.91 Å². The van der Waals surface area contributed by atoms with E-state index in [-0.39, 0.29) is 5.91 Å². The molecule has 0 spiro atoms. The first-order valence-electron chi connectivity index (χ1n) is 7.02. The molecule has 0 atom stereocenters. The van der Waals surface area contributed by atoms with Gasteiger partial charge in [-0.15, -0.1) is 0 Å². The Kier molecular flexibility index (Phi) is 4.74. The molecular formula is C14H22N6O. The second-order valence-electron chi connectivity index (χ2n) is 5.11. The molecule has 1 amide bonds. The van der Waals surface area contributed by atoms with E-state index in [1.165, 1.54) is 0 Å². The first-order chi connectivity index (χ1) is 10.0. The molecule has 0 saturated heterocycles. The van der Waals surface area contributed by atoms with Crippen LogP contribution in [0, 0.1) is 13.8 Å². The summed E-state index contributed by atoms with van der Waals surface area (Å²) in [5, 5.41) is 11.4. The summed E-state index contributed by atoms with van der Waals surface area (Å²) in [6.07, 6.45) is 4.36. The van der Waals surface area contributed by atoms with Crippen molar-refractivity contribution in [1.29, 1.82) is 0 Å². The van der Waals surface area contributed by atoms with Crippen molar-refractivity contribution >= 4 is 5.91 Å². The summed E-state index contributed by atoms with van der Waals surface area (Å²) in [4.78, 5) is 12.2. The molecule has 2 aromatic heterocycles. The third-order valence-electron chi connectivity index (χ3n) is 3.48. The molecule has 0 bridgehead atoms. The number of hydrogen-bond donors (Lipinski definition) is 2. The molecule has 0 aliphatic carbocycles. The van der Waals surface area contributed by atoms with Gasteiger partial charge in [-0.25, -0.2) is 0 Å². The minimum atomic E-state index is -0.116. The van der Waals surface area contributed by atoms with Crippen LogP contribution in [-0.2, 0) is 20.1 Å². The number of nitrogens with two attached hydrogens (primary N) is 1. The van der Waals surface area contributed by atoms with Crippen LogP contribution in [0.1, 0.15) is 33.7 Å². The number of aromatic nitrogens is 4. The van der Waals surface area contributed by atoms with Crippen LogP contribution in [0.4, 0.5) is 0 Å². The van der Waals surface area contributed by atoms with Crippen molar-refractivity contribution in [2.45, 2.75) is 33.4 Å². The fraction of sp³-hybridized carbons (Fsp3) is 0.500. The molecule has 0 unspecified atom stereocenters. The van der Waals surface area contributed by atoms with Gasteiger partial charge in [-0.2, -0.15) is 10.2 Å². The lowest BCUT2D eigenvalue weighted by molar-refractivity contribution is 0.0950. The summed E-state index contributed by atoms with van der Waals surface area (Å²) in [6, 6.07) is 0. The van der Waals surface area contributed by atoms with Crippen molar-refractivity contribution in [1.82, 2.24) is 24.9 Å².